The lowest BCUT2D eigenvalue weighted by atomic mass is 10.2. The SMILES string of the molecule is CCSCCC(C)N1C(=O)CNC1=O. The Labute approximate surface area is 88.4 Å². The van der Waals surface area contributed by atoms with Gasteiger partial charge in [0.15, 0.2) is 0 Å². The summed E-state index contributed by atoms with van der Waals surface area (Å²) >= 11 is 1.83. The van der Waals surface area contributed by atoms with Crippen LogP contribution in [0.25, 0.3) is 0 Å². The van der Waals surface area contributed by atoms with Crippen LogP contribution in [0.3, 0.4) is 0 Å². The zero-order chi connectivity index (χ0) is 10.6. The van der Waals surface area contributed by atoms with E-state index in [0.717, 1.165) is 17.9 Å². The van der Waals surface area contributed by atoms with Gasteiger partial charge in [-0.15, -0.1) is 0 Å². The summed E-state index contributed by atoms with van der Waals surface area (Å²) in [7, 11) is 0. The predicted molar refractivity (Wildman–Crippen MR) is 57.3 cm³/mol. The summed E-state index contributed by atoms with van der Waals surface area (Å²) in [4.78, 5) is 23.9. The predicted octanol–water partition coefficient (Wildman–Crippen LogP) is 1.07. The maximum Gasteiger partial charge on any atom is 0.324 e. The molecule has 0 saturated carbocycles. The summed E-state index contributed by atoms with van der Waals surface area (Å²) in [5, 5.41) is 2.52. The summed E-state index contributed by atoms with van der Waals surface area (Å²) in [6.45, 7) is 4.17. The van der Waals surface area contributed by atoms with E-state index in [0.29, 0.717) is 0 Å². The van der Waals surface area contributed by atoms with Crippen LogP contribution in [0.1, 0.15) is 20.3 Å². The molecule has 80 valence electrons. The number of thioether (sulfide) groups is 1. The maximum atomic E-state index is 11.3. The molecule has 1 atom stereocenters. The third-order valence-corrected chi connectivity index (χ3v) is 3.14. The second-order valence-corrected chi connectivity index (χ2v) is 4.65. The third kappa shape index (κ3) is 2.64. The molecular formula is C9H16N2O2S. The lowest BCUT2D eigenvalue weighted by molar-refractivity contribution is -0.126. The van der Waals surface area contributed by atoms with Gasteiger partial charge in [-0.2, -0.15) is 11.8 Å². The van der Waals surface area contributed by atoms with Gasteiger partial charge in [0.05, 0.1) is 6.54 Å². The number of carbonyl (C=O) groups excluding carboxylic acids is 2. The normalized spacial score (nSPS) is 18.6. The van der Waals surface area contributed by atoms with Gasteiger partial charge in [0.25, 0.3) is 0 Å². The first-order valence-corrected chi connectivity index (χ1v) is 6.00. The Morgan fingerprint density at radius 1 is 1.57 bits per heavy atom. The fraction of sp³-hybridized carbons (Fsp3) is 0.778. The van der Waals surface area contributed by atoms with Crippen molar-refractivity contribution >= 4 is 23.7 Å². The molecule has 3 amide bonds. The number of nitrogens with one attached hydrogen (secondary N) is 1. The van der Waals surface area contributed by atoms with Gasteiger partial charge in [-0.05, 0) is 24.9 Å². The molecule has 1 rings (SSSR count). The van der Waals surface area contributed by atoms with E-state index in [2.05, 4.69) is 12.2 Å². The molecule has 0 aliphatic carbocycles. The highest BCUT2D eigenvalue weighted by Gasteiger charge is 2.32. The summed E-state index contributed by atoms with van der Waals surface area (Å²) in [6.07, 6.45) is 0.873. The number of rotatable bonds is 5. The van der Waals surface area contributed by atoms with Crippen molar-refractivity contribution in [3.63, 3.8) is 0 Å². The van der Waals surface area contributed by atoms with Gasteiger partial charge in [0.1, 0.15) is 0 Å². The van der Waals surface area contributed by atoms with E-state index in [1.54, 1.807) is 0 Å². The second-order valence-electron chi connectivity index (χ2n) is 3.26. The van der Waals surface area contributed by atoms with E-state index in [4.69, 9.17) is 0 Å². The zero-order valence-corrected chi connectivity index (χ0v) is 9.39. The van der Waals surface area contributed by atoms with Crippen molar-refractivity contribution in [3.05, 3.63) is 0 Å². The number of nitrogens with zero attached hydrogens (tertiary/aromatic N) is 1. The Balaban J connectivity index is 2.39. The van der Waals surface area contributed by atoms with Gasteiger partial charge in [-0.3, -0.25) is 9.69 Å². The number of imide groups is 1. The molecule has 0 spiro atoms. The molecule has 1 unspecified atom stereocenters. The van der Waals surface area contributed by atoms with Crippen molar-refractivity contribution < 1.29 is 9.59 Å². The highest BCUT2D eigenvalue weighted by Crippen LogP contribution is 2.12. The average Bonchev–Trinajstić information content (AvgIpc) is 2.46. The molecule has 0 radical (unpaired) electrons. The van der Waals surface area contributed by atoms with Crippen LogP contribution in [0.4, 0.5) is 4.79 Å². The van der Waals surface area contributed by atoms with E-state index < -0.39 is 0 Å². The fourth-order valence-corrected chi connectivity index (χ4v) is 2.20. The molecule has 1 N–H and O–H groups in total. The van der Waals surface area contributed by atoms with E-state index >= 15 is 0 Å². The molecule has 1 aliphatic rings. The summed E-state index contributed by atoms with van der Waals surface area (Å²) in [5.74, 6) is 1.96. The molecule has 1 fully saturated rings. The van der Waals surface area contributed by atoms with E-state index in [1.165, 1.54) is 4.90 Å². The topological polar surface area (TPSA) is 49.4 Å². The number of carbonyl (C=O) groups is 2. The van der Waals surface area contributed by atoms with Gasteiger partial charge in [-0.25, -0.2) is 4.79 Å². The lowest BCUT2D eigenvalue weighted by Crippen LogP contribution is -2.39. The standard InChI is InChI=1S/C9H16N2O2S/c1-3-14-5-4-7(2)11-8(12)6-10-9(11)13/h7H,3-6H2,1-2H3,(H,10,13). The van der Waals surface area contributed by atoms with Gasteiger partial charge < -0.3 is 5.32 Å². The molecule has 0 aromatic heterocycles. The third-order valence-electron chi connectivity index (χ3n) is 2.20. The van der Waals surface area contributed by atoms with Gasteiger partial charge in [-0.1, -0.05) is 6.92 Å². The van der Waals surface area contributed by atoms with Crippen molar-refractivity contribution in [3.8, 4) is 0 Å². The largest absolute Gasteiger partial charge is 0.329 e. The van der Waals surface area contributed by atoms with Crippen LogP contribution in [0.2, 0.25) is 0 Å². The second kappa shape index (κ2) is 5.24. The van der Waals surface area contributed by atoms with Crippen LogP contribution >= 0.6 is 11.8 Å². The monoisotopic (exact) mass is 216 g/mol. The highest BCUT2D eigenvalue weighted by atomic mass is 32.2. The van der Waals surface area contributed by atoms with Crippen molar-refractivity contribution in [2.45, 2.75) is 26.3 Å². The van der Waals surface area contributed by atoms with Gasteiger partial charge in [0.2, 0.25) is 5.91 Å². The Morgan fingerprint density at radius 3 is 2.79 bits per heavy atom. The van der Waals surface area contributed by atoms with Crippen molar-refractivity contribution in [2.75, 3.05) is 18.1 Å². The average molecular weight is 216 g/mol. The quantitative estimate of drug-likeness (QED) is 0.552. The van der Waals surface area contributed by atoms with Crippen LogP contribution in [0.5, 0.6) is 0 Å². The molecule has 1 aliphatic heterocycles. The maximum absolute atomic E-state index is 11.3. The summed E-state index contributed by atoms with van der Waals surface area (Å²) in [5.41, 5.74) is 0. The van der Waals surface area contributed by atoms with Gasteiger partial charge >= 0.3 is 6.03 Å². The Hall–Kier alpha value is -0.710. The molecule has 5 heteroatoms. The minimum Gasteiger partial charge on any atom is -0.329 e. The summed E-state index contributed by atoms with van der Waals surface area (Å²) < 4.78 is 0. The van der Waals surface area contributed by atoms with Crippen LogP contribution in [0, 0.1) is 0 Å². The Morgan fingerprint density at radius 2 is 2.29 bits per heavy atom. The fourth-order valence-electron chi connectivity index (χ4n) is 1.41. The lowest BCUT2D eigenvalue weighted by Gasteiger charge is -2.20. The molecule has 1 saturated heterocycles. The molecule has 0 aromatic carbocycles. The van der Waals surface area contributed by atoms with Crippen molar-refractivity contribution in [1.82, 2.24) is 10.2 Å². The number of urea groups is 1. The molecule has 4 nitrogen and oxygen atoms in total. The first kappa shape index (κ1) is 11.4. The number of amides is 3. The number of hydrogen-bond acceptors (Lipinski definition) is 3. The molecule has 14 heavy (non-hydrogen) atoms. The van der Waals surface area contributed by atoms with E-state index in [9.17, 15) is 9.59 Å². The first-order chi connectivity index (χ1) is 6.66. The highest BCUT2D eigenvalue weighted by molar-refractivity contribution is 7.99. The van der Waals surface area contributed by atoms with Crippen LogP contribution in [0.15, 0.2) is 0 Å². The molecule has 0 bridgehead atoms. The van der Waals surface area contributed by atoms with Crippen molar-refractivity contribution in [2.24, 2.45) is 0 Å². The molecule has 1 heterocycles. The summed E-state index contributed by atoms with van der Waals surface area (Å²) in [6, 6.07) is -0.229. The Bertz CT molecular complexity index is 217. The van der Waals surface area contributed by atoms with Crippen molar-refractivity contribution in [1.29, 1.82) is 0 Å². The van der Waals surface area contributed by atoms with Gasteiger partial charge in [0, 0.05) is 6.04 Å². The smallest absolute Gasteiger partial charge is 0.324 e. The minimum absolute atomic E-state index is 0.0176. The Kier molecular flexibility index (Phi) is 4.25. The molecular weight excluding hydrogens is 200 g/mol. The van der Waals surface area contributed by atoms with E-state index in [1.807, 2.05) is 18.7 Å². The van der Waals surface area contributed by atoms with E-state index in [-0.39, 0.29) is 24.5 Å². The van der Waals surface area contributed by atoms with Crippen LogP contribution in [-0.4, -0.2) is 40.9 Å². The number of hydrogen-bond donors (Lipinski definition) is 1. The first-order valence-electron chi connectivity index (χ1n) is 4.84. The molecule has 0 aromatic rings. The van der Waals surface area contributed by atoms with Crippen LogP contribution in [-0.2, 0) is 4.79 Å². The minimum atomic E-state index is -0.246. The van der Waals surface area contributed by atoms with Crippen LogP contribution < -0.4 is 5.32 Å². The zero-order valence-electron chi connectivity index (χ0n) is 8.58.